The van der Waals surface area contributed by atoms with Crippen LogP contribution in [0, 0.1) is 0 Å². The Bertz CT molecular complexity index is 770. The third-order valence-electron chi connectivity index (χ3n) is 4.38. The fourth-order valence-electron chi connectivity index (χ4n) is 2.64. The molecular weight excluding hydrogens is 341 g/mol. The Labute approximate surface area is 151 Å². The normalized spacial score (nSPS) is 12.0. The van der Waals surface area contributed by atoms with E-state index >= 15 is 0 Å². The van der Waals surface area contributed by atoms with Crippen LogP contribution in [0.25, 0.3) is 0 Å². The number of carbonyl (C=O) groups excluding carboxylic acids is 1. The summed E-state index contributed by atoms with van der Waals surface area (Å²) in [5.74, 6) is -0.159. The minimum Gasteiger partial charge on any atom is -0.399 e. The Morgan fingerprint density at radius 3 is 2.35 bits per heavy atom. The monoisotopic (exact) mass is 364 g/mol. The van der Waals surface area contributed by atoms with Crippen molar-refractivity contribution in [2.45, 2.75) is 38.3 Å². The second-order valence-corrected chi connectivity index (χ2v) is 6.94. The first-order valence-electron chi connectivity index (χ1n) is 8.37. The number of hydrogen-bond acceptors (Lipinski definition) is 2. The van der Waals surface area contributed by atoms with Crippen molar-refractivity contribution >= 4 is 11.6 Å². The van der Waals surface area contributed by atoms with Crippen LogP contribution in [0.1, 0.15) is 37.0 Å². The summed E-state index contributed by atoms with van der Waals surface area (Å²) in [6.07, 6.45) is -3.60. The van der Waals surface area contributed by atoms with Crippen LogP contribution < -0.4 is 11.1 Å². The molecule has 6 heteroatoms. The number of aryl methyl sites for hydroxylation is 1. The lowest BCUT2D eigenvalue weighted by atomic mass is 9.83. The standard InChI is InChI=1S/C20H23F3N2O/c1-19(2,15-7-5-8-16(12-15)20(21,22)23)13-25-18(26)11-10-14-6-3-4-9-17(14)24/h3-9,12H,10-11,13,24H2,1-2H3,(H,25,26). The van der Waals surface area contributed by atoms with Gasteiger partial charge in [0.25, 0.3) is 0 Å². The van der Waals surface area contributed by atoms with Crippen molar-refractivity contribution in [2.75, 3.05) is 12.3 Å². The molecule has 2 aromatic rings. The van der Waals surface area contributed by atoms with Gasteiger partial charge in [-0.2, -0.15) is 13.2 Å². The van der Waals surface area contributed by atoms with E-state index in [0.717, 1.165) is 17.7 Å². The van der Waals surface area contributed by atoms with Gasteiger partial charge in [0.1, 0.15) is 0 Å². The number of nitrogens with one attached hydrogen (secondary N) is 1. The summed E-state index contributed by atoms with van der Waals surface area (Å²) < 4.78 is 38.7. The summed E-state index contributed by atoms with van der Waals surface area (Å²) in [6.45, 7) is 3.85. The zero-order valence-electron chi connectivity index (χ0n) is 14.9. The highest BCUT2D eigenvalue weighted by molar-refractivity contribution is 5.76. The van der Waals surface area contributed by atoms with Crippen molar-refractivity contribution in [3.8, 4) is 0 Å². The van der Waals surface area contributed by atoms with Gasteiger partial charge in [-0.05, 0) is 29.7 Å². The van der Waals surface area contributed by atoms with Crippen LogP contribution in [0.3, 0.4) is 0 Å². The van der Waals surface area contributed by atoms with Crippen LogP contribution in [-0.2, 0) is 22.8 Å². The molecule has 0 fully saturated rings. The van der Waals surface area contributed by atoms with E-state index in [0.29, 0.717) is 17.7 Å². The first-order valence-corrected chi connectivity index (χ1v) is 8.37. The molecule has 2 aromatic carbocycles. The molecule has 0 unspecified atom stereocenters. The number of nitrogen functional groups attached to an aromatic ring is 1. The average Bonchev–Trinajstić information content (AvgIpc) is 2.59. The lowest BCUT2D eigenvalue weighted by Gasteiger charge is -2.26. The molecule has 1 amide bonds. The Kier molecular flexibility index (Phi) is 5.95. The topological polar surface area (TPSA) is 55.1 Å². The minimum atomic E-state index is -4.38. The average molecular weight is 364 g/mol. The summed E-state index contributed by atoms with van der Waals surface area (Å²) in [4.78, 5) is 12.1. The van der Waals surface area contributed by atoms with E-state index < -0.39 is 17.2 Å². The second-order valence-electron chi connectivity index (χ2n) is 6.94. The molecular formula is C20H23F3N2O. The SMILES string of the molecule is CC(C)(CNC(=O)CCc1ccccc1N)c1cccc(C(F)(F)F)c1. The van der Waals surface area contributed by atoms with Gasteiger partial charge in [0.15, 0.2) is 0 Å². The molecule has 0 aromatic heterocycles. The van der Waals surface area contributed by atoms with E-state index in [4.69, 9.17) is 5.73 Å². The smallest absolute Gasteiger partial charge is 0.399 e. The number of hydrogen-bond donors (Lipinski definition) is 2. The number of benzene rings is 2. The molecule has 0 heterocycles. The molecule has 2 rings (SSSR count). The Morgan fingerprint density at radius 1 is 1.04 bits per heavy atom. The number of carbonyl (C=O) groups is 1. The molecule has 0 spiro atoms. The largest absolute Gasteiger partial charge is 0.416 e. The molecule has 140 valence electrons. The van der Waals surface area contributed by atoms with Gasteiger partial charge < -0.3 is 11.1 Å². The maximum atomic E-state index is 12.9. The van der Waals surface area contributed by atoms with E-state index in [1.165, 1.54) is 6.07 Å². The van der Waals surface area contributed by atoms with Crippen molar-refractivity contribution in [3.63, 3.8) is 0 Å². The summed E-state index contributed by atoms with van der Waals surface area (Å²) in [5.41, 5.74) is 6.62. The van der Waals surface area contributed by atoms with Crippen molar-refractivity contribution < 1.29 is 18.0 Å². The predicted molar refractivity (Wildman–Crippen MR) is 96.7 cm³/mol. The highest BCUT2D eigenvalue weighted by Gasteiger charge is 2.32. The predicted octanol–water partition coefficient (Wildman–Crippen LogP) is 4.31. The maximum absolute atomic E-state index is 12.9. The van der Waals surface area contributed by atoms with E-state index in [9.17, 15) is 18.0 Å². The molecule has 0 saturated carbocycles. The Balaban J connectivity index is 1.95. The molecule has 0 aliphatic rings. The van der Waals surface area contributed by atoms with Gasteiger partial charge in [-0.25, -0.2) is 0 Å². The number of halogens is 3. The lowest BCUT2D eigenvalue weighted by Crippen LogP contribution is -2.37. The minimum absolute atomic E-state index is 0.159. The van der Waals surface area contributed by atoms with Crippen LogP contribution in [0.4, 0.5) is 18.9 Å². The van der Waals surface area contributed by atoms with Gasteiger partial charge in [-0.15, -0.1) is 0 Å². The first kappa shape index (κ1) is 19.8. The van der Waals surface area contributed by atoms with Gasteiger partial charge in [-0.1, -0.05) is 50.2 Å². The molecule has 0 aliphatic carbocycles. The molecule has 0 saturated heterocycles. The molecule has 3 nitrogen and oxygen atoms in total. The van der Waals surface area contributed by atoms with Crippen LogP contribution in [0.2, 0.25) is 0 Å². The maximum Gasteiger partial charge on any atom is 0.416 e. The van der Waals surface area contributed by atoms with E-state index in [2.05, 4.69) is 5.32 Å². The molecule has 0 radical (unpaired) electrons. The fraction of sp³-hybridized carbons (Fsp3) is 0.350. The van der Waals surface area contributed by atoms with Crippen LogP contribution in [0.15, 0.2) is 48.5 Å². The second kappa shape index (κ2) is 7.81. The summed E-state index contributed by atoms with van der Waals surface area (Å²) in [7, 11) is 0. The van der Waals surface area contributed by atoms with Crippen LogP contribution in [-0.4, -0.2) is 12.5 Å². The third-order valence-corrected chi connectivity index (χ3v) is 4.38. The van der Waals surface area contributed by atoms with Gasteiger partial charge in [0.2, 0.25) is 5.91 Å². The van der Waals surface area contributed by atoms with Gasteiger partial charge >= 0.3 is 6.18 Å². The first-order chi connectivity index (χ1) is 12.1. The number of alkyl halides is 3. The van der Waals surface area contributed by atoms with Gasteiger partial charge in [0.05, 0.1) is 5.56 Å². The van der Waals surface area contributed by atoms with Crippen molar-refractivity contribution in [2.24, 2.45) is 0 Å². The lowest BCUT2D eigenvalue weighted by molar-refractivity contribution is -0.137. The number of rotatable bonds is 6. The quantitative estimate of drug-likeness (QED) is 0.751. The Morgan fingerprint density at radius 2 is 1.69 bits per heavy atom. The zero-order chi connectivity index (χ0) is 19.4. The van der Waals surface area contributed by atoms with Crippen molar-refractivity contribution in [1.82, 2.24) is 5.32 Å². The van der Waals surface area contributed by atoms with Crippen LogP contribution >= 0.6 is 0 Å². The van der Waals surface area contributed by atoms with Crippen molar-refractivity contribution in [1.29, 1.82) is 0 Å². The number of para-hydroxylation sites is 1. The summed E-state index contributed by atoms with van der Waals surface area (Å²) in [5, 5.41) is 2.81. The van der Waals surface area contributed by atoms with Gasteiger partial charge in [0, 0.05) is 24.1 Å². The molecule has 26 heavy (non-hydrogen) atoms. The highest BCUT2D eigenvalue weighted by atomic mass is 19.4. The number of anilines is 1. The van der Waals surface area contributed by atoms with Crippen molar-refractivity contribution in [3.05, 3.63) is 65.2 Å². The van der Waals surface area contributed by atoms with Gasteiger partial charge in [-0.3, -0.25) is 4.79 Å². The Hall–Kier alpha value is -2.50. The third kappa shape index (κ3) is 5.25. The number of amides is 1. The summed E-state index contributed by atoms with van der Waals surface area (Å²) in [6, 6.07) is 12.6. The fourth-order valence-corrected chi connectivity index (χ4v) is 2.64. The van der Waals surface area contributed by atoms with Crippen LogP contribution in [0.5, 0.6) is 0 Å². The van der Waals surface area contributed by atoms with E-state index in [1.54, 1.807) is 26.0 Å². The summed E-state index contributed by atoms with van der Waals surface area (Å²) >= 11 is 0. The molecule has 3 N–H and O–H groups in total. The molecule has 0 atom stereocenters. The van der Waals surface area contributed by atoms with E-state index in [-0.39, 0.29) is 18.9 Å². The number of nitrogens with two attached hydrogens (primary N) is 1. The zero-order valence-corrected chi connectivity index (χ0v) is 14.9. The molecule has 0 aliphatic heterocycles. The highest BCUT2D eigenvalue weighted by Crippen LogP contribution is 2.32. The molecule has 0 bridgehead atoms. The van der Waals surface area contributed by atoms with E-state index in [1.807, 2.05) is 18.2 Å².